The Morgan fingerprint density at radius 1 is 0.906 bits per heavy atom. The molecule has 0 unspecified atom stereocenters. The standard InChI is InChI=1S/C24H25FO6S/c1-5-16-12-18(11-8-14(16)3)22(28)31-24-20(19(25)23(32-24)29-15(4)26)30-21(27)17-9-6-13(2)7-10-17/h6-12,19-20,23-24H,5H2,1-4H3/t19-,20-,23+,24+/m0/s1. The fourth-order valence-corrected chi connectivity index (χ4v) is 4.56. The number of hydrogen-bond acceptors (Lipinski definition) is 7. The summed E-state index contributed by atoms with van der Waals surface area (Å²) in [5.41, 5.74) is 1.09. The van der Waals surface area contributed by atoms with E-state index in [1.807, 2.05) is 26.8 Å². The Labute approximate surface area is 190 Å². The van der Waals surface area contributed by atoms with Gasteiger partial charge in [0.25, 0.3) is 0 Å². The molecule has 2 aromatic carbocycles. The zero-order valence-electron chi connectivity index (χ0n) is 18.3. The molecule has 0 N–H and O–H groups in total. The first-order chi connectivity index (χ1) is 15.2. The normalized spacial score (nSPS) is 22.3. The van der Waals surface area contributed by atoms with Crippen molar-refractivity contribution in [3.63, 3.8) is 0 Å². The summed E-state index contributed by atoms with van der Waals surface area (Å²) in [6, 6.07) is 11.8. The second-order valence-electron chi connectivity index (χ2n) is 7.56. The highest BCUT2D eigenvalue weighted by Crippen LogP contribution is 2.40. The quantitative estimate of drug-likeness (QED) is 0.462. The van der Waals surface area contributed by atoms with Gasteiger partial charge in [-0.05, 0) is 55.7 Å². The molecular weight excluding hydrogens is 435 g/mol. The number of halogens is 1. The first kappa shape index (κ1) is 23.8. The Hall–Kier alpha value is -2.87. The number of thioether (sulfide) groups is 1. The minimum absolute atomic E-state index is 0.236. The molecule has 1 heterocycles. The lowest BCUT2D eigenvalue weighted by Gasteiger charge is -2.21. The van der Waals surface area contributed by atoms with E-state index in [0.29, 0.717) is 5.56 Å². The smallest absolute Gasteiger partial charge is 0.339 e. The number of hydrogen-bond donors (Lipinski definition) is 0. The number of aryl methyl sites for hydroxylation is 3. The molecule has 1 fully saturated rings. The molecule has 8 heteroatoms. The molecule has 6 nitrogen and oxygen atoms in total. The van der Waals surface area contributed by atoms with Gasteiger partial charge in [-0.2, -0.15) is 0 Å². The molecule has 0 aromatic heterocycles. The van der Waals surface area contributed by atoms with Crippen LogP contribution in [0.15, 0.2) is 42.5 Å². The molecule has 3 rings (SSSR count). The van der Waals surface area contributed by atoms with Crippen LogP contribution in [0.25, 0.3) is 0 Å². The van der Waals surface area contributed by atoms with Gasteiger partial charge in [0, 0.05) is 6.92 Å². The molecule has 1 saturated heterocycles. The van der Waals surface area contributed by atoms with E-state index in [1.54, 1.807) is 36.4 Å². The van der Waals surface area contributed by atoms with Gasteiger partial charge in [-0.25, -0.2) is 14.0 Å². The predicted octanol–water partition coefficient (Wildman–Crippen LogP) is 4.55. The lowest BCUT2D eigenvalue weighted by atomic mass is 10.0. The number of benzene rings is 2. The summed E-state index contributed by atoms with van der Waals surface area (Å²) in [4.78, 5) is 36.7. The number of esters is 3. The minimum Gasteiger partial charge on any atom is -0.451 e. The van der Waals surface area contributed by atoms with E-state index >= 15 is 4.39 Å². The highest BCUT2D eigenvalue weighted by molar-refractivity contribution is 8.00. The van der Waals surface area contributed by atoms with E-state index < -0.39 is 41.1 Å². The molecule has 0 saturated carbocycles. The average Bonchev–Trinajstić information content (AvgIpc) is 3.02. The molecule has 32 heavy (non-hydrogen) atoms. The van der Waals surface area contributed by atoms with Crippen LogP contribution in [-0.4, -0.2) is 41.1 Å². The third-order valence-electron chi connectivity index (χ3n) is 5.11. The first-order valence-corrected chi connectivity index (χ1v) is 11.2. The van der Waals surface area contributed by atoms with E-state index in [4.69, 9.17) is 14.2 Å². The zero-order chi connectivity index (χ0) is 23.4. The number of carbonyl (C=O) groups is 3. The number of ether oxygens (including phenoxy) is 3. The van der Waals surface area contributed by atoms with Crippen LogP contribution in [0, 0.1) is 13.8 Å². The van der Waals surface area contributed by atoms with Gasteiger partial charge in [0.2, 0.25) is 0 Å². The molecule has 170 valence electrons. The summed E-state index contributed by atoms with van der Waals surface area (Å²) in [6.45, 7) is 6.94. The maximum Gasteiger partial charge on any atom is 0.339 e. The van der Waals surface area contributed by atoms with Crippen molar-refractivity contribution < 1.29 is 33.0 Å². The van der Waals surface area contributed by atoms with Crippen molar-refractivity contribution >= 4 is 29.7 Å². The van der Waals surface area contributed by atoms with Gasteiger partial charge in [-0.1, -0.05) is 42.4 Å². The summed E-state index contributed by atoms with van der Waals surface area (Å²) in [5, 5.41) is 0. The Morgan fingerprint density at radius 2 is 1.53 bits per heavy atom. The van der Waals surface area contributed by atoms with Crippen molar-refractivity contribution in [2.75, 3.05) is 0 Å². The fourth-order valence-electron chi connectivity index (χ4n) is 3.30. The summed E-state index contributed by atoms with van der Waals surface area (Å²) >= 11 is 0.793. The van der Waals surface area contributed by atoms with Crippen molar-refractivity contribution in [3.8, 4) is 0 Å². The Morgan fingerprint density at radius 3 is 2.16 bits per heavy atom. The summed E-state index contributed by atoms with van der Waals surface area (Å²) in [6.07, 6.45) is -2.55. The molecule has 0 amide bonds. The molecule has 1 aliphatic rings. The van der Waals surface area contributed by atoms with Gasteiger partial charge in [0.15, 0.2) is 23.1 Å². The van der Waals surface area contributed by atoms with Gasteiger partial charge in [0.1, 0.15) is 0 Å². The lowest BCUT2D eigenvalue weighted by molar-refractivity contribution is -0.145. The average molecular weight is 461 g/mol. The third kappa shape index (κ3) is 5.48. The van der Waals surface area contributed by atoms with E-state index in [0.717, 1.165) is 41.8 Å². The summed E-state index contributed by atoms with van der Waals surface area (Å²) < 4.78 is 30.9. The van der Waals surface area contributed by atoms with Crippen LogP contribution in [0.5, 0.6) is 0 Å². The number of alkyl halides is 1. The Kier molecular flexibility index (Phi) is 7.56. The molecule has 2 aromatic rings. The molecule has 4 atom stereocenters. The van der Waals surface area contributed by atoms with Crippen molar-refractivity contribution in [2.45, 2.75) is 57.3 Å². The molecule has 0 bridgehead atoms. The van der Waals surface area contributed by atoms with E-state index in [2.05, 4.69) is 0 Å². The predicted molar refractivity (Wildman–Crippen MR) is 118 cm³/mol. The maximum absolute atomic E-state index is 15.1. The minimum atomic E-state index is -1.86. The molecule has 1 aliphatic heterocycles. The van der Waals surface area contributed by atoms with E-state index in [1.165, 1.54) is 0 Å². The van der Waals surface area contributed by atoms with Crippen molar-refractivity contribution in [1.29, 1.82) is 0 Å². The van der Waals surface area contributed by atoms with Crippen molar-refractivity contribution in [1.82, 2.24) is 0 Å². The zero-order valence-corrected chi connectivity index (χ0v) is 19.1. The summed E-state index contributed by atoms with van der Waals surface area (Å²) in [5.74, 6) is -2.12. The van der Waals surface area contributed by atoms with E-state index in [9.17, 15) is 14.4 Å². The SMILES string of the molecule is CCc1cc(C(=O)O[C@@H]2S[C@@H](OC(C)=O)[C@@H](F)[C@@H]2OC(=O)c2ccc(C)cc2)ccc1C. The van der Waals surface area contributed by atoms with Crippen molar-refractivity contribution in [3.05, 3.63) is 70.3 Å². The molecule has 0 aliphatic carbocycles. The van der Waals surface area contributed by atoms with Gasteiger partial charge >= 0.3 is 17.9 Å². The van der Waals surface area contributed by atoms with E-state index in [-0.39, 0.29) is 5.56 Å². The molecular formula is C24H25FO6S. The molecule has 0 radical (unpaired) electrons. The second-order valence-corrected chi connectivity index (χ2v) is 8.76. The van der Waals surface area contributed by atoms with Crippen LogP contribution >= 0.6 is 11.8 Å². The van der Waals surface area contributed by atoms with Gasteiger partial charge in [0.05, 0.1) is 11.1 Å². The third-order valence-corrected chi connectivity index (χ3v) is 6.37. The largest absolute Gasteiger partial charge is 0.451 e. The fraction of sp³-hybridized carbons (Fsp3) is 0.375. The summed E-state index contributed by atoms with van der Waals surface area (Å²) in [7, 11) is 0. The number of rotatable bonds is 6. The first-order valence-electron chi connectivity index (χ1n) is 10.2. The van der Waals surface area contributed by atoms with Crippen LogP contribution in [-0.2, 0) is 25.4 Å². The monoisotopic (exact) mass is 460 g/mol. The van der Waals surface area contributed by atoms with Crippen LogP contribution in [0.2, 0.25) is 0 Å². The van der Waals surface area contributed by atoms with Crippen LogP contribution in [0.4, 0.5) is 4.39 Å². The van der Waals surface area contributed by atoms with Crippen LogP contribution < -0.4 is 0 Å². The number of carbonyl (C=O) groups excluding carboxylic acids is 3. The van der Waals surface area contributed by atoms with Gasteiger partial charge < -0.3 is 14.2 Å². The molecule has 0 spiro atoms. The Balaban J connectivity index is 1.80. The second kappa shape index (κ2) is 10.2. The van der Waals surface area contributed by atoms with Gasteiger partial charge in [-0.3, -0.25) is 4.79 Å². The van der Waals surface area contributed by atoms with Crippen LogP contribution in [0.1, 0.15) is 51.3 Å². The lowest BCUT2D eigenvalue weighted by Crippen LogP contribution is -2.37. The highest BCUT2D eigenvalue weighted by Gasteiger charge is 2.51. The maximum atomic E-state index is 15.1. The highest BCUT2D eigenvalue weighted by atomic mass is 32.2. The topological polar surface area (TPSA) is 78.9 Å². The van der Waals surface area contributed by atoms with Crippen molar-refractivity contribution in [2.24, 2.45) is 0 Å². The van der Waals surface area contributed by atoms with Crippen LogP contribution in [0.3, 0.4) is 0 Å². The van der Waals surface area contributed by atoms with Gasteiger partial charge in [-0.15, -0.1) is 0 Å². The Bertz CT molecular complexity index is 1010.